The first-order chi connectivity index (χ1) is 15.0. The van der Waals surface area contributed by atoms with Crippen LogP contribution in [0.2, 0.25) is 0 Å². The number of nitrogens with zero attached hydrogens (tertiary/aromatic N) is 1. The molecule has 1 atom stereocenters. The molecule has 0 bridgehead atoms. The van der Waals surface area contributed by atoms with Gasteiger partial charge in [-0.3, -0.25) is 9.59 Å². The Balaban J connectivity index is 1.29. The number of hydrogen-bond acceptors (Lipinski definition) is 3. The summed E-state index contributed by atoms with van der Waals surface area (Å²) in [6, 6.07) is 17.5. The van der Waals surface area contributed by atoms with E-state index in [4.69, 9.17) is 4.74 Å². The maximum atomic E-state index is 12.9. The number of fused-ring (bicyclic) bond motifs is 1. The molecule has 0 aliphatic carbocycles. The lowest BCUT2D eigenvalue weighted by Crippen LogP contribution is -2.42. The van der Waals surface area contributed by atoms with Gasteiger partial charge in [-0.1, -0.05) is 37.3 Å². The molecule has 0 saturated carbocycles. The summed E-state index contributed by atoms with van der Waals surface area (Å²) < 4.78 is 5.24. The first-order valence-electron chi connectivity index (χ1n) is 10.8. The van der Waals surface area contributed by atoms with Gasteiger partial charge in [0.1, 0.15) is 11.4 Å². The molecule has 1 saturated heterocycles. The molecule has 6 heteroatoms. The lowest BCUT2D eigenvalue weighted by Gasteiger charge is -2.34. The Labute approximate surface area is 182 Å². The summed E-state index contributed by atoms with van der Waals surface area (Å²) in [5.74, 6) is 1.06. The zero-order chi connectivity index (χ0) is 21.8. The third kappa shape index (κ3) is 4.74. The largest absolute Gasteiger partial charge is 0.497 e. The first kappa shape index (κ1) is 21.0. The molecule has 1 aliphatic rings. The van der Waals surface area contributed by atoms with Crippen molar-refractivity contribution in [1.82, 2.24) is 15.2 Å². The number of H-pyrrole nitrogens is 1. The highest BCUT2D eigenvalue weighted by Gasteiger charge is 2.30. The number of carbonyl (C=O) groups is 2. The predicted octanol–water partition coefficient (Wildman–Crippen LogP) is 3.98. The third-order valence-electron chi connectivity index (χ3n) is 6.31. The second kappa shape index (κ2) is 9.25. The van der Waals surface area contributed by atoms with Crippen molar-refractivity contribution in [2.75, 3.05) is 20.2 Å². The average molecular weight is 420 g/mol. The van der Waals surface area contributed by atoms with Crippen molar-refractivity contribution < 1.29 is 14.3 Å². The number of likely N-dealkylation sites (tertiary alicyclic amines) is 1. The number of para-hydroxylation sites is 1. The van der Waals surface area contributed by atoms with E-state index in [0.29, 0.717) is 25.3 Å². The molecule has 1 fully saturated rings. The number of amides is 2. The average Bonchev–Trinajstić information content (AvgIpc) is 3.26. The number of carbonyl (C=O) groups excluding carboxylic acids is 2. The number of aromatic amines is 1. The molecule has 0 spiro atoms. The minimum atomic E-state index is -0.0871. The Kier molecular flexibility index (Phi) is 6.26. The fourth-order valence-electron chi connectivity index (χ4n) is 4.31. The van der Waals surface area contributed by atoms with Crippen molar-refractivity contribution in [1.29, 1.82) is 0 Å². The van der Waals surface area contributed by atoms with Gasteiger partial charge in [0.15, 0.2) is 0 Å². The molecule has 6 nitrogen and oxygen atoms in total. The van der Waals surface area contributed by atoms with Crippen LogP contribution in [0.4, 0.5) is 0 Å². The minimum absolute atomic E-state index is 0.0322. The van der Waals surface area contributed by atoms with E-state index >= 15 is 0 Å². The molecule has 4 rings (SSSR count). The van der Waals surface area contributed by atoms with Gasteiger partial charge in [0.05, 0.1) is 7.11 Å². The molecule has 2 heterocycles. The van der Waals surface area contributed by atoms with E-state index in [2.05, 4.69) is 10.3 Å². The summed E-state index contributed by atoms with van der Waals surface area (Å²) in [4.78, 5) is 30.7. The van der Waals surface area contributed by atoms with Gasteiger partial charge in [-0.25, -0.2) is 0 Å². The number of methoxy groups -OCH3 is 1. The summed E-state index contributed by atoms with van der Waals surface area (Å²) in [7, 11) is 1.63. The van der Waals surface area contributed by atoms with Crippen LogP contribution in [0, 0.1) is 11.8 Å². The summed E-state index contributed by atoms with van der Waals surface area (Å²) in [5.41, 5.74) is 2.62. The molecule has 1 unspecified atom stereocenters. The van der Waals surface area contributed by atoms with Crippen LogP contribution in [-0.2, 0) is 11.3 Å². The van der Waals surface area contributed by atoms with E-state index in [0.717, 1.165) is 35.1 Å². The highest BCUT2D eigenvalue weighted by molar-refractivity contribution is 5.98. The molecule has 2 amide bonds. The maximum absolute atomic E-state index is 12.9. The summed E-state index contributed by atoms with van der Waals surface area (Å²) in [5, 5.41) is 4.09. The van der Waals surface area contributed by atoms with Gasteiger partial charge in [-0.05, 0) is 48.6 Å². The van der Waals surface area contributed by atoms with Crippen LogP contribution in [0.15, 0.2) is 54.6 Å². The van der Waals surface area contributed by atoms with Crippen LogP contribution >= 0.6 is 0 Å². The van der Waals surface area contributed by atoms with E-state index in [-0.39, 0.29) is 23.7 Å². The fourth-order valence-corrected chi connectivity index (χ4v) is 4.31. The van der Waals surface area contributed by atoms with E-state index < -0.39 is 0 Å². The van der Waals surface area contributed by atoms with Gasteiger partial charge in [-0.15, -0.1) is 0 Å². The van der Waals surface area contributed by atoms with Gasteiger partial charge in [-0.2, -0.15) is 0 Å². The fraction of sp³-hybridized carbons (Fsp3) is 0.360. The minimum Gasteiger partial charge on any atom is -0.497 e. The third-order valence-corrected chi connectivity index (χ3v) is 6.31. The van der Waals surface area contributed by atoms with Crippen LogP contribution in [0.1, 0.15) is 35.8 Å². The van der Waals surface area contributed by atoms with E-state index in [9.17, 15) is 9.59 Å². The van der Waals surface area contributed by atoms with Gasteiger partial charge in [0, 0.05) is 36.5 Å². The molecule has 31 heavy (non-hydrogen) atoms. The van der Waals surface area contributed by atoms with Crippen LogP contribution in [0.3, 0.4) is 0 Å². The van der Waals surface area contributed by atoms with Gasteiger partial charge in [0.2, 0.25) is 5.91 Å². The number of nitrogens with one attached hydrogen (secondary N) is 2. The van der Waals surface area contributed by atoms with Crippen LogP contribution in [-0.4, -0.2) is 41.9 Å². The number of benzene rings is 2. The highest BCUT2D eigenvalue weighted by Crippen LogP contribution is 2.27. The summed E-state index contributed by atoms with van der Waals surface area (Å²) in [6.45, 7) is 3.82. The number of ether oxygens (including phenoxy) is 1. The Bertz CT molecular complexity index is 1030. The SMILES string of the molecule is COc1cccc(CNC(=O)C(C)C2CCN(C(=O)c3cc4ccccc4[nH]3)CC2)c1. The van der Waals surface area contributed by atoms with Crippen molar-refractivity contribution in [3.05, 3.63) is 65.9 Å². The van der Waals surface area contributed by atoms with Crippen molar-refractivity contribution in [3.63, 3.8) is 0 Å². The Morgan fingerprint density at radius 2 is 1.90 bits per heavy atom. The molecular weight excluding hydrogens is 390 g/mol. The number of aromatic nitrogens is 1. The second-order valence-corrected chi connectivity index (χ2v) is 8.26. The smallest absolute Gasteiger partial charge is 0.270 e. The molecule has 3 aromatic rings. The lowest BCUT2D eigenvalue weighted by molar-refractivity contribution is -0.126. The van der Waals surface area contributed by atoms with Crippen molar-refractivity contribution in [2.45, 2.75) is 26.3 Å². The molecule has 2 aromatic carbocycles. The Morgan fingerprint density at radius 3 is 2.65 bits per heavy atom. The maximum Gasteiger partial charge on any atom is 0.270 e. The molecule has 2 N–H and O–H groups in total. The van der Waals surface area contributed by atoms with E-state index in [1.807, 2.05) is 66.4 Å². The number of rotatable bonds is 6. The van der Waals surface area contributed by atoms with Gasteiger partial charge in [0.25, 0.3) is 5.91 Å². The topological polar surface area (TPSA) is 74.4 Å². The molecule has 162 valence electrons. The van der Waals surface area contributed by atoms with Crippen molar-refractivity contribution in [2.24, 2.45) is 11.8 Å². The summed E-state index contributed by atoms with van der Waals surface area (Å²) >= 11 is 0. The quantitative estimate of drug-likeness (QED) is 0.635. The first-order valence-corrected chi connectivity index (χ1v) is 10.8. The summed E-state index contributed by atoms with van der Waals surface area (Å²) in [6.07, 6.45) is 1.67. The zero-order valence-electron chi connectivity index (χ0n) is 18.1. The Hall–Kier alpha value is -3.28. The van der Waals surface area contributed by atoms with Gasteiger partial charge >= 0.3 is 0 Å². The lowest BCUT2D eigenvalue weighted by atomic mass is 9.84. The van der Waals surface area contributed by atoms with Crippen molar-refractivity contribution >= 4 is 22.7 Å². The zero-order valence-corrected chi connectivity index (χ0v) is 18.1. The van der Waals surface area contributed by atoms with Crippen LogP contribution in [0.25, 0.3) is 10.9 Å². The predicted molar refractivity (Wildman–Crippen MR) is 121 cm³/mol. The molecule has 0 radical (unpaired) electrons. The monoisotopic (exact) mass is 419 g/mol. The molecule has 1 aromatic heterocycles. The number of hydrogen-bond donors (Lipinski definition) is 2. The van der Waals surface area contributed by atoms with E-state index in [1.54, 1.807) is 7.11 Å². The molecular formula is C25H29N3O3. The Morgan fingerprint density at radius 1 is 1.13 bits per heavy atom. The van der Waals surface area contributed by atoms with Crippen molar-refractivity contribution in [3.8, 4) is 5.75 Å². The normalized spacial score (nSPS) is 15.6. The van der Waals surface area contributed by atoms with Crippen LogP contribution < -0.4 is 10.1 Å². The number of piperidine rings is 1. The standard InChI is InChI=1S/C25H29N3O3/c1-17(24(29)26-16-18-6-5-8-21(14-18)31-2)19-10-12-28(13-11-19)25(30)23-15-20-7-3-4-9-22(20)27-23/h3-9,14-15,17,19,27H,10-13,16H2,1-2H3,(H,26,29). The second-order valence-electron chi connectivity index (χ2n) is 8.26. The van der Waals surface area contributed by atoms with Gasteiger partial charge < -0.3 is 19.9 Å². The molecule has 1 aliphatic heterocycles. The van der Waals surface area contributed by atoms with E-state index in [1.165, 1.54) is 0 Å². The van der Waals surface area contributed by atoms with Crippen LogP contribution in [0.5, 0.6) is 5.75 Å². The highest BCUT2D eigenvalue weighted by atomic mass is 16.5.